The number of benzene rings is 1. The van der Waals surface area contributed by atoms with Crippen LogP contribution in [-0.2, 0) is 17.6 Å². The molecule has 0 aromatic heterocycles. The molecule has 1 aromatic carbocycles. The third kappa shape index (κ3) is 4.02. The lowest BCUT2D eigenvalue weighted by Crippen LogP contribution is -2.53. The minimum absolute atomic E-state index is 0.170. The largest absolute Gasteiger partial charge is 0.444 e. The molecule has 0 heterocycles. The van der Waals surface area contributed by atoms with Crippen LogP contribution in [0.5, 0.6) is 0 Å². The van der Waals surface area contributed by atoms with E-state index in [1.807, 2.05) is 20.8 Å². The summed E-state index contributed by atoms with van der Waals surface area (Å²) in [6.45, 7) is 10.0. The predicted octanol–water partition coefficient (Wildman–Crippen LogP) is 4.55. The predicted molar refractivity (Wildman–Crippen MR) is 90.2 cm³/mol. The summed E-state index contributed by atoms with van der Waals surface area (Å²) in [7, 11) is 0. The van der Waals surface area contributed by atoms with Gasteiger partial charge in [0.1, 0.15) is 5.60 Å². The molecule has 122 valence electrons. The van der Waals surface area contributed by atoms with Gasteiger partial charge in [0.25, 0.3) is 0 Å². The van der Waals surface area contributed by atoms with Crippen molar-refractivity contribution in [1.82, 2.24) is 5.32 Å². The van der Waals surface area contributed by atoms with Crippen LogP contribution in [0.2, 0.25) is 0 Å². The fraction of sp³-hybridized carbons (Fsp3) is 0.632. The number of alkyl carbamates (subject to hydrolysis) is 1. The molecule has 0 radical (unpaired) electrons. The highest BCUT2D eigenvalue weighted by atomic mass is 16.6. The number of amides is 1. The quantitative estimate of drug-likeness (QED) is 0.889. The lowest BCUT2D eigenvalue weighted by atomic mass is 9.74. The summed E-state index contributed by atoms with van der Waals surface area (Å²) in [5, 5.41) is 3.20. The topological polar surface area (TPSA) is 38.3 Å². The second-order valence-corrected chi connectivity index (χ2v) is 7.55. The summed E-state index contributed by atoms with van der Waals surface area (Å²) in [5.41, 5.74) is 3.52. The van der Waals surface area contributed by atoms with Gasteiger partial charge in [-0.1, -0.05) is 31.5 Å². The van der Waals surface area contributed by atoms with Crippen molar-refractivity contribution in [3.8, 4) is 0 Å². The lowest BCUT2D eigenvalue weighted by molar-refractivity contribution is 0.0435. The summed E-state index contributed by atoms with van der Waals surface area (Å²) in [6.07, 6.45) is 4.65. The van der Waals surface area contributed by atoms with Crippen molar-refractivity contribution in [2.75, 3.05) is 0 Å². The van der Waals surface area contributed by atoms with E-state index in [9.17, 15) is 4.79 Å². The average Bonchev–Trinajstić information content (AvgIpc) is 2.38. The monoisotopic (exact) mass is 303 g/mol. The summed E-state index contributed by atoms with van der Waals surface area (Å²) < 4.78 is 5.48. The lowest BCUT2D eigenvalue weighted by Gasteiger charge is -2.40. The standard InChI is InChI=1S/C19H29NO2/c1-6-11-19(20-17(21)22-18(3,4)5)12-10-15-9-7-8-14(2)16(15)13-19/h7-9H,6,10-13H2,1-5H3,(H,20,21). The normalized spacial score (nSPS) is 21.1. The average molecular weight is 303 g/mol. The van der Waals surface area contributed by atoms with E-state index >= 15 is 0 Å². The third-order valence-corrected chi connectivity index (χ3v) is 4.39. The Morgan fingerprint density at radius 1 is 1.36 bits per heavy atom. The molecule has 3 nitrogen and oxygen atoms in total. The molecule has 0 saturated heterocycles. The van der Waals surface area contributed by atoms with Crippen LogP contribution >= 0.6 is 0 Å². The molecule has 0 aliphatic heterocycles. The van der Waals surface area contributed by atoms with Crippen LogP contribution in [0.1, 0.15) is 63.6 Å². The molecule has 1 amide bonds. The van der Waals surface area contributed by atoms with E-state index in [0.717, 1.165) is 32.1 Å². The van der Waals surface area contributed by atoms with E-state index < -0.39 is 5.60 Å². The van der Waals surface area contributed by atoms with Gasteiger partial charge >= 0.3 is 6.09 Å². The van der Waals surface area contributed by atoms with Gasteiger partial charge in [-0.2, -0.15) is 0 Å². The Morgan fingerprint density at radius 2 is 2.09 bits per heavy atom. The fourth-order valence-corrected chi connectivity index (χ4v) is 3.43. The second kappa shape index (κ2) is 6.31. The first-order valence-electron chi connectivity index (χ1n) is 8.33. The van der Waals surface area contributed by atoms with E-state index in [1.165, 1.54) is 16.7 Å². The number of aryl methyl sites for hydroxylation is 2. The Bertz CT molecular complexity index is 545. The molecule has 2 rings (SSSR count). The number of fused-ring (bicyclic) bond motifs is 1. The van der Waals surface area contributed by atoms with Crippen LogP contribution in [0.25, 0.3) is 0 Å². The number of nitrogens with one attached hydrogen (secondary N) is 1. The minimum atomic E-state index is -0.458. The van der Waals surface area contributed by atoms with Crippen molar-refractivity contribution in [2.24, 2.45) is 0 Å². The molecule has 1 aromatic rings. The molecule has 1 unspecified atom stereocenters. The minimum Gasteiger partial charge on any atom is -0.444 e. The summed E-state index contributed by atoms with van der Waals surface area (Å²) in [6, 6.07) is 6.50. The molecule has 3 heteroatoms. The molecule has 0 fully saturated rings. The molecule has 0 bridgehead atoms. The van der Waals surface area contributed by atoms with E-state index in [-0.39, 0.29) is 11.6 Å². The zero-order valence-electron chi connectivity index (χ0n) is 14.6. The van der Waals surface area contributed by atoms with Crippen molar-refractivity contribution in [3.63, 3.8) is 0 Å². The zero-order chi connectivity index (χ0) is 16.4. The van der Waals surface area contributed by atoms with Crippen molar-refractivity contribution >= 4 is 6.09 Å². The molecular formula is C19H29NO2. The van der Waals surface area contributed by atoms with Gasteiger partial charge in [0, 0.05) is 5.54 Å². The Labute approximate surface area is 134 Å². The number of rotatable bonds is 3. The van der Waals surface area contributed by atoms with Crippen LogP contribution in [0.4, 0.5) is 4.79 Å². The first kappa shape index (κ1) is 16.9. The van der Waals surface area contributed by atoms with E-state index in [1.54, 1.807) is 0 Å². The molecule has 22 heavy (non-hydrogen) atoms. The van der Waals surface area contributed by atoms with Gasteiger partial charge in [0.15, 0.2) is 0 Å². The molecule has 0 spiro atoms. The number of carbonyl (C=O) groups is 1. The molecule has 0 saturated carbocycles. The van der Waals surface area contributed by atoms with Gasteiger partial charge in [-0.25, -0.2) is 4.79 Å². The maximum absolute atomic E-state index is 12.3. The second-order valence-electron chi connectivity index (χ2n) is 7.55. The summed E-state index contributed by atoms with van der Waals surface area (Å²) in [4.78, 5) is 12.3. The van der Waals surface area contributed by atoms with Crippen LogP contribution in [0, 0.1) is 6.92 Å². The number of ether oxygens (including phenoxy) is 1. The Morgan fingerprint density at radius 3 is 2.73 bits per heavy atom. The van der Waals surface area contributed by atoms with Gasteiger partial charge in [-0.05, 0) is 70.1 Å². The van der Waals surface area contributed by atoms with Gasteiger partial charge in [0.05, 0.1) is 0 Å². The van der Waals surface area contributed by atoms with Crippen LogP contribution in [0.3, 0.4) is 0 Å². The third-order valence-electron chi connectivity index (χ3n) is 4.39. The molecule has 1 aliphatic carbocycles. The fourth-order valence-electron chi connectivity index (χ4n) is 3.43. The number of carbonyl (C=O) groups excluding carboxylic acids is 1. The first-order chi connectivity index (χ1) is 10.2. The molecular weight excluding hydrogens is 274 g/mol. The number of hydrogen-bond donors (Lipinski definition) is 1. The van der Waals surface area contributed by atoms with E-state index in [2.05, 4.69) is 37.4 Å². The first-order valence-corrected chi connectivity index (χ1v) is 8.33. The highest BCUT2D eigenvalue weighted by Gasteiger charge is 2.36. The van der Waals surface area contributed by atoms with Crippen molar-refractivity contribution in [2.45, 2.75) is 77.9 Å². The van der Waals surface area contributed by atoms with Crippen LogP contribution < -0.4 is 5.32 Å². The van der Waals surface area contributed by atoms with Crippen molar-refractivity contribution in [1.29, 1.82) is 0 Å². The highest BCUT2D eigenvalue weighted by molar-refractivity contribution is 5.69. The van der Waals surface area contributed by atoms with Gasteiger partial charge < -0.3 is 10.1 Å². The van der Waals surface area contributed by atoms with Crippen LogP contribution in [-0.4, -0.2) is 17.2 Å². The van der Waals surface area contributed by atoms with Crippen molar-refractivity contribution < 1.29 is 9.53 Å². The Balaban J connectivity index is 2.20. The van der Waals surface area contributed by atoms with Gasteiger partial charge in [-0.15, -0.1) is 0 Å². The molecule has 1 N–H and O–H groups in total. The van der Waals surface area contributed by atoms with E-state index in [0.29, 0.717) is 0 Å². The summed E-state index contributed by atoms with van der Waals surface area (Å²) in [5.74, 6) is 0. The highest BCUT2D eigenvalue weighted by Crippen LogP contribution is 2.34. The van der Waals surface area contributed by atoms with Crippen LogP contribution in [0.15, 0.2) is 18.2 Å². The molecule has 1 aliphatic rings. The smallest absolute Gasteiger partial charge is 0.408 e. The van der Waals surface area contributed by atoms with Gasteiger partial charge in [-0.3, -0.25) is 0 Å². The molecule has 1 atom stereocenters. The number of hydrogen-bond acceptors (Lipinski definition) is 2. The summed E-state index contributed by atoms with van der Waals surface area (Å²) >= 11 is 0. The maximum Gasteiger partial charge on any atom is 0.408 e. The van der Waals surface area contributed by atoms with Crippen molar-refractivity contribution in [3.05, 3.63) is 34.9 Å². The van der Waals surface area contributed by atoms with E-state index in [4.69, 9.17) is 4.74 Å². The zero-order valence-corrected chi connectivity index (χ0v) is 14.6. The van der Waals surface area contributed by atoms with Gasteiger partial charge in [0.2, 0.25) is 0 Å². The SMILES string of the molecule is CCCC1(NC(=O)OC(C)(C)C)CCc2cccc(C)c2C1. The maximum atomic E-state index is 12.3. The Kier molecular flexibility index (Phi) is 4.84. The Hall–Kier alpha value is -1.51.